The highest BCUT2D eigenvalue weighted by molar-refractivity contribution is 5.60. The molecule has 0 radical (unpaired) electrons. The Kier molecular flexibility index (Phi) is 4.42. The number of hydrogen-bond donors (Lipinski definition) is 0. The Labute approximate surface area is 137 Å². The fraction of sp³-hybridized carbons (Fsp3) is 0.105. The first-order valence-electron chi connectivity index (χ1n) is 7.36. The van der Waals surface area contributed by atoms with Gasteiger partial charge in [0.25, 0.3) is 5.56 Å². The van der Waals surface area contributed by atoms with Crippen molar-refractivity contribution in [2.75, 3.05) is 7.11 Å². The van der Waals surface area contributed by atoms with Gasteiger partial charge in [0.1, 0.15) is 17.4 Å². The number of methoxy groups -OCH3 is 1. The Morgan fingerprint density at radius 1 is 1.00 bits per heavy atom. The second-order valence-corrected chi connectivity index (χ2v) is 5.30. The number of halogens is 2. The van der Waals surface area contributed by atoms with Crippen molar-refractivity contribution in [2.45, 2.75) is 6.54 Å². The van der Waals surface area contributed by atoms with Gasteiger partial charge in [-0.15, -0.1) is 0 Å². The van der Waals surface area contributed by atoms with Gasteiger partial charge in [-0.25, -0.2) is 8.78 Å². The van der Waals surface area contributed by atoms with E-state index in [0.29, 0.717) is 11.4 Å². The predicted molar refractivity (Wildman–Crippen MR) is 88.2 cm³/mol. The largest absolute Gasteiger partial charge is 0.497 e. The second kappa shape index (κ2) is 6.66. The summed E-state index contributed by atoms with van der Waals surface area (Å²) in [5, 5.41) is 0. The van der Waals surface area contributed by atoms with Crippen LogP contribution in [0, 0.1) is 11.6 Å². The molecule has 0 aliphatic rings. The molecular formula is C19H15F2NO2. The predicted octanol–water partition coefficient (Wildman–Crippen LogP) is 3.85. The Balaban J connectivity index is 2.05. The van der Waals surface area contributed by atoms with Crippen molar-refractivity contribution in [1.29, 1.82) is 0 Å². The fourth-order valence-corrected chi connectivity index (χ4v) is 2.52. The summed E-state index contributed by atoms with van der Waals surface area (Å²) in [6, 6.07) is 15.4. The molecule has 3 nitrogen and oxygen atoms in total. The third-order valence-electron chi connectivity index (χ3n) is 3.78. The molecule has 3 aromatic rings. The lowest BCUT2D eigenvalue weighted by Gasteiger charge is -2.14. The Bertz CT molecular complexity index is 917. The fourth-order valence-electron chi connectivity index (χ4n) is 2.52. The van der Waals surface area contributed by atoms with E-state index >= 15 is 0 Å². The number of aromatic nitrogens is 1. The van der Waals surface area contributed by atoms with Gasteiger partial charge in [0.2, 0.25) is 0 Å². The van der Waals surface area contributed by atoms with Crippen molar-refractivity contribution in [3.8, 4) is 17.0 Å². The zero-order valence-corrected chi connectivity index (χ0v) is 13.0. The first-order chi connectivity index (χ1) is 11.6. The summed E-state index contributed by atoms with van der Waals surface area (Å²) in [5.74, 6) is -0.619. The van der Waals surface area contributed by atoms with Crippen molar-refractivity contribution in [3.63, 3.8) is 0 Å². The number of pyridine rings is 1. The minimum absolute atomic E-state index is 0.0210. The third-order valence-corrected chi connectivity index (χ3v) is 3.78. The van der Waals surface area contributed by atoms with Crippen LogP contribution in [0.1, 0.15) is 5.56 Å². The number of benzene rings is 2. The molecule has 1 aromatic heterocycles. The van der Waals surface area contributed by atoms with E-state index in [1.807, 2.05) is 12.1 Å². The summed E-state index contributed by atoms with van der Waals surface area (Å²) < 4.78 is 33.6. The summed E-state index contributed by atoms with van der Waals surface area (Å²) in [4.78, 5) is 12.3. The highest BCUT2D eigenvalue weighted by Gasteiger charge is 2.10. The molecule has 24 heavy (non-hydrogen) atoms. The van der Waals surface area contributed by atoms with Crippen LogP contribution in [0.2, 0.25) is 0 Å². The van der Waals surface area contributed by atoms with E-state index in [1.54, 1.807) is 31.4 Å². The summed E-state index contributed by atoms with van der Waals surface area (Å²) in [6.07, 6.45) is 0. The maximum atomic E-state index is 13.9. The molecule has 0 aliphatic carbocycles. The highest BCUT2D eigenvalue weighted by atomic mass is 19.1. The van der Waals surface area contributed by atoms with E-state index in [-0.39, 0.29) is 17.7 Å². The van der Waals surface area contributed by atoms with E-state index in [2.05, 4.69) is 0 Å². The molecule has 122 valence electrons. The molecule has 0 spiro atoms. The number of ether oxygens (including phenoxy) is 1. The zero-order valence-electron chi connectivity index (χ0n) is 13.0. The van der Waals surface area contributed by atoms with Crippen LogP contribution in [0.5, 0.6) is 5.75 Å². The van der Waals surface area contributed by atoms with E-state index < -0.39 is 11.6 Å². The Hall–Kier alpha value is -2.95. The molecule has 2 aromatic carbocycles. The van der Waals surface area contributed by atoms with Gasteiger partial charge < -0.3 is 9.30 Å². The van der Waals surface area contributed by atoms with Crippen molar-refractivity contribution >= 4 is 0 Å². The topological polar surface area (TPSA) is 31.2 Å². The quantitative estimate of drug-likeness (QED) is 0.729. The molecule has 0 aliphatic heterocycles. The van der Waals surface area contributed by atoms with Gasteiger partial charge in [0.15, 0.2) is 0 Å². The average Bonchev–Trinajstić information content (AvgIpc) is 2.59. The van der Waals surface area contributed by atoms with Crippen molar-refractivity contribution in [1.82, 2.24) is 4.57 Å². The maximum absolute atomic E-state index is 13.9. The first kappa shape index (κ1) is 15.9. The van der Waals surface area contributed by atoms with Crippen molar-refractivity contribution in [3.05, 3.63) is 88.2 Å². The number of rotatable bonds is 4. The van der Waals surface area contributed by atoms with Crippen LogP contribution in [0.25, 0.3) is 11.3 Å². The van der Waals surface area contributed by atoms with E-state index in [4.69, 9.17) is 4.74 Å². The van der Waals surface area contributed by atoms with E-state index in [0.717, 1.165) is 11.6 Å². The summed E-state index contributed by atoms with van der Waals surface area (Å²) in [7, 11) is 1.57. The number of hydrogen-bond acceptors (Lipinski definition) is 2. The molecule has 0 saturated carbocycles. The van der Waals surface area contributed by atoms with Gasteiger partial charge in [-0.1, -0.05) is 12.1 Å². The van der Waals surface area contributed by atoms with E-state index in [9.17, 15) is 13.6 Å². The minimum atomic E-state index is -0.675. The molecule has 0 unspecified atom stereocenters. The molecule has 1 heterocycles. The van der Waals surface area contributed by atoms with Gasteiger partial charge in [0.05, 0.1) is 19.3 Å². The van der Waals surface area contributed by atoms with Crippen LogP contribution in [0.4, 0.5) is 8.78 Å². The van der Waals surface area contributed by atoms with Gasteiger partial charge in [0, 0.05) is 17.7 Å². The Morgan fingerprint density at radius 3 is 2.42 bits per heavy atom. The van der Waals surface area contributed by atoms with Crippen LogP contribution in [0.3, 0.4) is 0 Å². The molecule has 0 atom stereocenters. The molecule has 3 rings (SSSR count). The van der Waals surface area contributed by atoms with Crippen LogP contribution in [-0.4, -0.2) is 11.7 Å². The van der Waals surface area contributed by atoms with Crippen LogP contribution < -0.4 is 10.3 Å². The van der Waals surface area contributed by atoms with Crippen LogP contribution in [-0.2, 0) is 6.54 Å². The van der Waals surface area contributed by atoms with Crippen molar-refractivity contribution in [2.24, 2.45) is 0 Å². The molecule has 0 saturated heterocycles. The SMILES string of the molecule is COc1ccc(-c2cccc(=O)n2Cc2ccc(F)cc2F)cc1. The molecule has 0 amide bonds. The molecule has 0 N–H and O–H groups in total. The van der Waals surface area contributed by atoms with Crippen molar-refractivity contribution < 1.29 is 13.5 Å². The van der Waals surface area contributed by atoms with Gasteiger partial charge in [-0.3, -0.25) is 4.79 Å². The average molecular weight is 327 g/mol. The molecule has 0 fully saturated rings. The smallest absolute Gasteiger partial charge is 0.251 e. The van der Waals surface area contributed by atoms with Gasteiger partial charge >= 0.3 is 0 Å². The lowest BCUT2D eigenvalue weighted by Crippen LogP contribution is -2.21. The molecule has 0 bridgehead atoms. The highest BCUT2D eigenvalue weighted by Crippen LogP contribution is 2.22. The molecular weight excluding hydrogens is 312 g/mol. The zero-order chi connectivity index (χ0) is 17.1. The monoisotopic (exact) mass is 327 g/mol. The lowest BCUT2D eigenvalue weighted by atomic mass is 10.1. The maximum Gasteiger partial charge on any atom is 0.251 e. The molecule has 5 heteroatoms. The normalized spacial score (nSPS) is 10.6. The van der Waals surface area contributed by atoms with Crippen LogP contribution >= 0.6 is 0 Å². The summed E-state index contributed by atoms with van der Waals surface area (Å²) in [5.41, 5.74) is 1.44. The first-order valence-corrected chi connectivity index (χ1v) is 7.36. The van der Waals surface area contributed by atoms with Gasteiger partial charge in [-0.05, 0) is 42.0 Å². The number of nitrogens with zero attached hydrogens (tertiary/aromatic N) is 1. The summed E-state index contributed by atoms with van der Waals surface area (Å²) in [6.45, 7) is 0.0210. The third kappa shape index (κ3) is 3.20. The van der Waals surface area contributed by atoms with Gasteiger partial charge in [-0.2, -0.15) is 0 Å². The van der Waals surface area contributed by atoms with E-state index in [1.165, 1.54) is 22.8 Å². The minimum Gasteiger partial charge on any atom is -0.497 e. The Morgan fingerprint density at radius 2 is 1.75 bits per heavy atom. The van der Waals surface area contributed by atoms with Crippen LogP contribution in [0.15, 0.2) is 65.5 Å². The summed E-state index contributed by atoms with van der Waals surface area (Å²) >= 11 is 0. The standard InChI is InChI=1S/C19H15F2NO2/c1-24-16-9-6-13(7-10-16)18-3-2-4-19(23)22(18)12-14-5-8-15(20)11-17(14)21/h2-11H,12H2,1H3. The second-order valence-electron chi connectivity index (χ2n) is 5.30. The lowest BCUT2D eigenvalue weighted by molar-refractivity contribution is 0.415.